The summed E-state index contributed by atoms with van der Waals surface area (Å²) in [6.45, 7) is 6.79. The minimum atomic E-state index is -4.78. The van der Waals surface area contributed by atoms with Crippen molar-refractivity contribution in [3.63, 3.8) is 0 Å². The number of ether oxygens (including phenoxy) is 3. The van der Waals surface area contributed by atoms with E-state index in [1.165, 1.54) is 12.1 Å². The second kappa shape index (κ2) is 10.7. The van der Waals surface area contributed by atoms with E-state index >= 15 is 0 Å². The third-order valence-corrected chi connectivity index (χ3v) is 6.44. The van der Waals surface area contributed by atoms with Gasteiger partial charge < -0.3 is 24.2 Å². The lowest BCUT2D eigenvalue weighted by Gasteiger charge is -2.38. The molecular formula is C25H31F3N2O4. The highest BCUT2D eigenvalue weighted by molar-refractivity contribution is 5.65. The van der Waals surface area contributed by atoms with Crippen LogP contribution in [-0.4, -0.2) is 68.4 Å². The summed E-state index contributed by atoms with van der Waals surface area (Å²) in [6, 6.07) is 12.0. The van der Waals surface area contributed by atoms with Crippen LogP contribution in [0.2, 0.25) is 0 Å². The zero-order valence-corrected chi connectivity index (χ0v) is 19.3. The van der Waals surface area contributed by atoms with Crippen LogP contribution in [0.5, 0.6) is 17.2 Å². The predicted octanol–water partition coefficient (Wildman–Crippen LogP) is 4.42. The van der Waals surface area contributed by atoms with Crippen LogP contribution in [0, 0.1) is 0 Å². The van der Waals surface area contributed by atoms with E-state index in [-0.39, 0.29) is 5.75 Å². The first kappa shape index (κ1) is 24.5. The highest BCUT2D eigenvalue weighted by Gasteiger charge is 2.34. The normalized spacial score (nSPS) is 18.4. The van der Waals surface area contributed by atoms with Crippen LogP contribution < -0.4 is 19.1 Å². The summed E-state index contributed by atoms with van der Waals surface area (Å²) in [5, 5.41) is 10.6. The Hall–Kier alpha value is -2.65. The monoisotopic (exact) mass is 480 g/mol. The molecule has 2 aliphatic rings. The molecule has 2 aliphatic heterocycles. The van der Waals surface area contributed by atoms with Crippen molar-refractivity contribution in [2.24, 2.45) is 0 Å². The summed E-state index contributed by atoms with van der Waals surface area (Å²) in [4.78, 5) is 4.56. The Kier molecular flexibility index (Phi) is 7.73. The second-order valence-electron chi connectivity index (χ2n) is 8.59. The van der Waals surface area contributed by atoms with Crippen molar-refractivity contribution < 1.29 is 32.5 Å². The van der Waals surface area contributed by atoms with Gasteiger partial charge in [-0.1, -0.05) is 31.2 Å². The number of anilines is 1. The Labute approximate surface area is 197 Å². The van der Waals surface area contributed by atoms with E-state index in [0.717, 1.165) is 43.4 Å². The van der Waals surface area contributed by atoms with Gasteiger partial charge in [0.1, 0.15) is 19.0 Å². The van der Waals surface area contributed by atoms with Crippen LogP contribution in [0.15, 0.2) is 42.5 Å². The minimum Gasteiger partial charge on any atom is -0.486 e. The third-order valence-electron chi connectivity index (χ3n) is 6.44. The van der Waals surface area contributed by atoms with Crippen molar-refractivity contribution in [3.8, 4) is 17.2 Å². The number of halogens is 3. The van der Waals surface area contributed by atoms with E-state index in [1.54, 1.807) is 12.1 Å². The molecule has 0 aliphatic carbocycles. The van der Waals surface area contributed by atoms with Crippen LogP contribution in [0.3, 0.4) is 0 Å². The van der Waals surface area contributed by atoms with Crippen LogP contribution in [0.4, 0.5) is 18.9 Å². The van der Waals surface area contributed by atoms with E-state index in [2.05, 4.69) is 14.5 Å². The Morgan fingerprint density at radius 2 is 1.74 bits per heavy atom. The summed E-state index contributed by atoms with van der Waals surface area (Å²) >= 11 is 0. The number of fused-ring (bicyclic) bond motifs is 1. The maximum Gasteiger partial charge on any atom is 0.573 e. The molecule has 1 saturated heterocycles. The van der Waals surface area contributed by atoms with Gasteiger partial charge in [0, 0.05) is 37.7 Å². The van der Waals surface area contributed by atoms with Crippen molar-refractivity contribution >= 4 is 5.69 Å². The van der Waals surface area contributed by atoms with Gasteiger partial charge in [0.15, 0.2) is 11.5 Å². The summed E-state index contributed by atoms with van der Waals surface area (Å²) in [5.74, 6) is 0.860. The number of alkyl halides is 3. The highest BCUT2D eigenvalue weighted by atomic mass is 19.4. The highest BCUT2D eigenvalue weighted by Crippen LogP contribution is 2.40. The van der Waals surface area contributed by atoms with Gasteiger partial charge in [0.25, 0.3) is 0 Å². The maximum absolute atomic E-state index is 12.9. The van der Waals surface area contributed by atoms with Crippen LogP contribution in [-0.2, 0) is 0 Å². The van der Waals surface area contributed by atoms with Gasteiger partial charge in [0.2, 0.25) is 0 Å². The van der Waals surface area contributed by atoms with E-state index in [0.29, 0.717) is 38.2 Å². The van der Waals surface area contributed by atoms with Gasteiger partial charge in [-0.15, -0.1) is 13.2 Å². The lowest BCUT2D eigenvalue weighted by atomic mass is 9.88. The van der Waals surface area contributed by atoms with Crippen molar-refractivity contribution in [2.45, 2.75) is 38.1 Å². The van der Waals surface area contributed by atoms with Gasteiger partial charge >= 0.3 is 6.36 Å². The lowest BCUT2D eigenvalue weighted by Crippen LogP contribution is -2.47. The molecule has 0 saturated carbocycles. The fourth-order valence-corrected chi connectivity index (χ4v) is 4.69. The first-order valence-electron chi connectivity index (χ1n) is 11.7. The van der Waals surface area contributed by atoms with Gasteiger partial charge in [-0.3, -0.25) is 4.90 Å². The van der Waals surface area contributed by atoms with Crippen molar-refractivity contribution in [2.75, 3.05) is 50.8 Å². The minimum absolute atomic E-state index is 0.242. The van der Waals surface area contributed by atoms with Gasteiger partial charge in [-0.25, -0.2) is 0 Å². The molecule has 0 radical (unpaired) electrons. The average Bonchev–Trinajstić information content (AvgIpc) is 2.84. The second-order valence-corrected chi connectivity index (χ2v) is 8.59. The standard InChI is InChI=1S/C25H31F3N2O4/c1-2-21(31)18(19-6-3-4-8-22(19)34-25(26,27)28)10-11-29-12-14-30(15-13-29)20-7-5-9-23-24(20)33-17-16-32-23/h3-9,18,21,31H,2,10-17H2,1H3. The quantitative estimate of drug-likeness (QED) is 0.604. The Morgan fingerprint density at radius 3 is 2.47 bits per heavy atom. The lowest BCUT2D eigenvalue weighted by molar-refractivity contribution is -0.275. The number of aliphatic hydroxyl groups is 1. The first-order chi connectivity index (χ1) is 16.4. The molecule has 1 N–H and O–H groups in total. The zero-order chi connectivity index (χ0) is 24.1. The summed E-state index contributed by atoms with van der Waals surface area (Å²) in [7, 11) is 0. The molecule has 2 aromatic rings. The number of benzene rings is 2. The molecule has 0 spiro atoms. The van der Waals surface area contributed by atoms with Crippen LogP contribution in [0.25, 0.3) is 0 Å². The molecule has 9 heteroatoms. The van der Waals surface area contributed by atoms with E-state index in [1.807, 2.05) is 25.1 Å². The molecule has 2 heterocycles. The number of hydrogen-bond acceptors (Lipinski definition) is 6. The molecular weight excluding hydrogens is 449 g/mol. The van der Waals surface area contributed by atoms with Gasteiger partial charge in [0.05, 0.1) is 11.8 Å². The fraction of sp³-hybridized carbons (Fsp3) is 0.520. The SMILES string of the molecule is CCC(O)C(CCN1CCN(c2cccc3c2OCCO3)CC1)c1ccccc1OC(F)(F)F. The number of piperazine rings is 1. The molecule has 0 aromatic heterocycles. The summed E-state index contributed by atoms with van der Waals surface area (Å²) in [5.41, 5.74) is 1.41. The molecule has 0 amide bonds. The number of nitrogens with zero attached hydrogens (tertiary/aromatic N) is 2. The van der Waals surface area contributed by atoms with Crippen molar-refractivity contribution in [3.05, 3.63) is 48.0 Å². The molecule has 186 valence electrons. The summed E-state index contributed by atoms with van der Waals surface area (Å²) in [6.07, 6.45) is -4.56. The molecule has 6 nitrogen and oxygen atoms in total. The molecule has 2 atom stereocenters. The third kappa shape index (κ3) is 5.88. The van der Waals surface area contributed by atoms with E-state index in [9.17, 15) is 18.3 Å². The Bertz CT molecular complexity index is 948. The predicted molar refractivity (Wildman–Crippen MR) is 123 cm³/mol. The number of hydrogen-bond donors (Lipinski definition) is 1. The van der Waals surface area contributed by atoms with E-state index < -0.39 is 18.4 Å². The van der Waals surface area contributed by atoms with Crippen molar-refractivity contribution in [1.29, 1.82) is 0 Å². The van der Waals surface area contributed by atoms with Crippen molar-refractivity contribution in [1.82, 2.24) is 4.90 Å². The molecule has 2 unspecified atom stereocenters. The molecule has 4 rings (SSSR count). The Balaban J connectivity index is 1.39. The topological polar surface area (TPSA) is 54.4 Å². The van der Waals surface area contributed by atoms with Gasteiger partial charge in [-0.05, 0) is 37.6 Å². The number of para-hydroxylation sites is 2. The van der Waals surface area contributed by atoms with Gasteiger partial charge in [-0.2, -0.15) is 0 Å². The first-order valence-corrected chi connectivity index (χ1v) is 11.7. The maximum atomic E-state index is 12.9. The zero-order valence-electron chi connectivity index (χ0n) is 19.3. The number of rotatable bonds is 8. The molecule has 2 aromatic carbocycles. The average molecular weight is 481 g/mol. The van der Waals surface area contributed by atoms with E-state index in [4.69, 9.17) is 9.47 Å². The largest absolute Gasteiger partial charge is 0.573 e. The van der Waals surface area contributed by atoms with Crippen LogP contribution >= 0.6 is 0 Å². The molecule has 0 bridgehead atoms. The molecule has 1 fully saturated rings. The smallest absolute Gasteiger partial charge is 0.486 e. The summed E-state index contributed by atoms with van der Waals surface area (Å²) < 4.78 is 54.5. The molecule has 34 heavy (non-hydrogen) atoms. The fourth-order valence-electron chi connectivity index (χ4n) is 4.69. The number of aliphatic hydroxyl groups excluding tert-OH is 1. The van der Waals surface area contributed by atoms with Crippen LogP contribution in [0.1, 0.15) is 31.2 Å². The Morgan fingerprint density at radius 1 is 1.00 bits per heavy atom.